The van der Waals surface area contributed by atoms with E-state index < -0.39 is 0 Å². The number of rotatable bonds is 5. The van der Waals surface area contributed by atoms with Crippen LogP contribution in [0.1, 0.15) is 12.5 Å². The fraction of sp³-hybridized carbons (Fsp3) is 0.364. The summed E-state index contributed by atoms with van der Waals surface area (Å²) in [6, 6.07) is 7.71. The fourth-order valence-electron chi connectivity index (χ4n) is 1.19. The normalized spacial score (nSPS) is 9.86. The first kappa shape index (κ1) is 10.7. The van der Waals surface area contributed by atoms with E-state index in [-0.39, 0.29) is 12.4 Å². The van der Waals surface area contributed by atoms with Crippen molar-refractivity contribution in [2.75, 3.05) is 18.5 Å². The second kappa shape index (κ2) is 5.40. The van der Waals surface area contributed by atoms with E-state index in [9.17, 15) is 4.79 Å². The van der Waals surface area contributed by atoms with Gasteiger partial charge in [0, 0.05) is 12.3 Å². The molecular weight excluding hydrogens is 178 g/mol. The molecule has 0 aliphatic carbocycles. The summed E-state index contributed by atoms with van der Waals surface area (Å²) in [6.07, 6.45) is 0.648. The quantitative estimate of drug-likeness (QED) is 0.739. The lowest BCUT2D eigenvalue weighted by atomic mass is 10.1. The molecule has 2 N–H and O–H groups in total. The zero-order valence-corrected chi connectivity index (χ0v) is 8.29. The molecule has 0 aliphatic rings. The third-order valence-corrected chi connectivity index (χ3v) is 1.87. The Kier molecular flexibility index (Phi) is 4.13. The van der Waals surface area contributed by atoms with Gasteiger partial charge < -0.3 is 10.4 Å². The standard InChI is InChI=1S/C11H15NO2/c1-9(14)8-12-11-4-2-3-10(7-11)5-6-13/h2-4,7,12-13H,5-6,8H2,1H3. The van der Waals surface area contributed by atoms with Crippen molar-refractivity contribution in [1.29, 1.82) is 0 Å². The van der Waals surface area contributed by atoms with Crippen LogP contribution in [-0.2, 0) is 11.2 Å². The molecule has 14 heavy (non-hydrogen) atoms. The zero-order chi connectivity index (χ0) is 10.4. The number of aliphatic hydroxyl groups is 1. The number of nitrogens with one attached hydrogen (secondary N) is 1. The second-order valence-electron chi connectivity index (χ2n) is 3.23. The highest BCUT2D eigenvalue weighted by atomic mass is 16.2. The molecule has 0 aliphatic heterocycles. The Labute approximate surface area is 83.8 Å². The van der Waals surface area contributed by atoms with Crippen molar-refractivity contribution >= 4 is 11.5 Å². The Morgan fingerprint density at radius 2 is 2.29 bits per heavy atom. The molecule has 0 saturated heterocycles. The molecule has 3 nitrogen and oxygen atoms in total. The third kappa shape index (κ3) is 3.58. The van der Waals surface area contributed by atoms with Crippen molar-refractivity contribution in [3.63, 3.8) is 0 Å². The van der Waals surface area contributed by atoms with Crippen LogP contribution in [0.15, 0.2) is 24.3 Å². The number of aliphatic hydroxyl groups excluding tert-OH is 1. The first-order valence-corrected chi connectivity index (χ1v) is 4.65. The van der Waals surface area contributed by atoms with Gasteiger partial charge in [-0.05, 0) is 31.0 Å². The number of carbonyl (C=O) groups is 1. The van der Waals surface area contributed by atoms with Crippen LogP contribution >= 0.6 is 0 Å². The van der Waals surface area contributed by atoms with E-state index in [1.165, 1.54) is 0 Å². The van der Waals surface area contributed by atoms with Gasteiger partial charge in [-0.2, -0.15) is 0 Å². The zero-order valence-electron chi connectivity index (χ0n) is 8.29. The first-order valence-electron chi connectivity index (χ1n) is 4.65. The highest BCUT2D eigenvalue weighted by Crippen LogP contribution is 2.10. The minimum atomic E-state index is 0.109. The summed E-state index contributed by atoms with van der Waals surface area (Å²) in [7, 11) is 0. The number of benzene rings is 1. The Morgan fingerprint density at radius 1 is 1.50 bits per heavy atom. The molecule has 0 saturated carbocycles. The molecule has 1 rings (SSSR count). The Hall–Kier alpha value is -1.35. The molecule has 0 atom stereocenters. The lowest BCUT2D eigenvalue weighted by molar-refractivity contribution is -0.115. The van der Waals surface area contributed by atoms with E-state index in [4.69, 9.17) is 5.11 Å². The van der Waals surface area contributed by atoms with Crippen molar-refractivity contribution in [2.24, 2.45) is 0 Å². The summed E-state index contributed by atoms with van der Waals surface area (Å²) in [5.41, 5.74) is 1.99. The fourth-order valence-corrected chi connectivity index (χ4v) is 1.19. The number of carbonyl (C=O) groups excluding carboxylic acids is 1. The van der Waals surface area contributed by atoms with Gasteiger partial charge in [-0.25, -0.2) is 0 Å². The molecule has 0 aromatic heterocycles. The molecule has 1 aromatic rings. The molecule has 0 unspecified atom stereocenters. The van der Waals surface area contributed by atoms with Crippen LogP contribution < -0.4 is 5.32 Å². The highest BCUT2D eigenvalue weighted by Gasteiger charge is 1.96. The summed E-state index contributed by atoms with van der Waals surface area (Å²) in [5.74, 6) is 0.109. The highest BCUT2D eigenvalue weighted by molar-refractivity contribution is 5.80. The number of anilines is 1. The van der Waals surface area contributed by atoms with Crippen LogP contribution in [0.2, 0.25) is 0 Å². The average molecular weight is 193 g/mol. The average Bonchev–Trinajstić information content (AvgIpc) is 2.16. The predicted molar refractivity (Wildman–Crippen MR) is 56.4 cm³/mol. The van der Waals surface area contributed by atoms with Gasteiger partial charge in [-0.15, -0.1) is 0 Å². The number of ketones is 1. The number of hydrogen-bond donors (Lipinski definition) is 2. The van der Waals surface area contributed by atoms with Gasteiger partial charge in [0.15, 0.2) is 0 Å². The summed E-state index contributed by atoms with van der Waals surface area (Å²) in [4.78, 5) is 10.7. The van der Waals surface area contributed by atoms with E-state index in [0.29, 0.717) is 13.0 Å². The van der Waals surface area contributed by atoms with Gasteiger partial charge in [0.25, 0.3) is 0 Å². The van der Waals surface area contributed by atoms with E-state index >= 15 is 0 Å². The van der Waals surface area contributed by atoms with Gasteiger partial charge in [0.05, 0.1) is 6.54 Å². The van der Waals surface area contributed by atoms with Crippen molar-refractivity contribution < 1.29 is 9.90 Å². The minimum absolute atomic E-state index is 0.109. The summed E-state index contributed by atoms with van der Waals surface area (Å²) < 4.78 is 0. The van der Waals surface area contributed by atoms with Gasteiger partial charge in [-0.3, -0.25) is 4.79 Å². The van der Waals surface area contributed by atoms with E-state index in [1.807, 2.05) is 24.3 Å². The number of hydrogen-bond acceptors (Lipinski definition) is 3. The Bertz CT molecular complexity index is 310. The Morgan fingerprint density at radius 3 is 2.93 bits per heavy atom. The molecule has 1 aromatic carbocycles. The lowest BCUT2D eigenvalue weighted by Gasteiger charge is -2.05. The summed E-state index contributed by atoms with van der Waals surface area (Å²) >= 11 is 0. The maximum Gasteiger partial charge on any atom is 0.148 e. The van der Waals surface area contributed by atoms with Crippen LogP contribution in [0.5, 0.6) is 0 Å². The van der Waals surface area contributed by atoms with E-state index in [2.05, 4.69) is 5.32 Å². The SMILES string of the molecule is CC(=O)CNc1cccc(CCO)c1. The van der Waals surface area contributed by atoms with Crippen molar-refractivity contribution in [3.8, 4) is 0 Å². The first-order chi connectivity index (χ1) is 6.72. The number of Topliss-reactive ketones (excluding diaryl/α,β-unsaturated/α-hetero) is 1. The maximum absolute atomic E-state index is 10.7. The molecule has 0 amide bonds. The predicted octanol–water partition coefficient (Wildman–Crippen LogP) is 1.22. The second-order valence-corrected chi connectivity index (χ2v) is 3.23. The van der Waals surface area contributed by atoms with Gasteiger partial charge in [0.1, 0.15) is 5.78 Å². The van der Waals surface area contributed by atoms with E-state index in [0.717, 1.165) is 11.3 Å². The molecule has 0 heterocycles. The monoisotopic (exact) mass is 193 g/mol. The van der Waals surface area contributed by atoms with Gasteiger partial charge in [-0.1, -0.05) is 12.1 Å². The van der Waals surface area contributed by atoms with Crippen LogP contribution in [-0.4, -0.2) is 24.0 Å². The molecule has 0 bridgehead atoms. The minimum Gasteiger partial charge on any atom is -0.396 e. The molecule has 3 heteroatoms. The van der Waals surface area contributed by atoms with Crippen LogP contribution in [0.3, 0.4) is 0 Å². The van der Waals surface area contributed by atoms with Crippen molar-refractivity contribution in [2.45, 2.75) is 13.3 Å². The van der Waals surface area contributed by atoms with Crippen LogP contribution in [0, 0.1) is 0 Å². The molecule has 0 fully saturated rings. The topological polar surface area (TPSA) is 49.3 Å². The van der Waals surface area contributed by atoms with Gasteiger partial charge in [0.2, 0.25) is 0 Å². The summed E-state index contributed by atoms with van der Waals surface area (Å²) in [5, 5.41) is 11.8. The molecule has 0 radical (unpaired) electrons. The van der Waals surface area contributed by atoms with Crippen molar-refractivity contribution in [1.82, 2.24) is 0 Å². The Balaban J connectivity index is 2.58. The smallest absolute Gasteiger partial charge is 0.148 e. The van der Waals surface area contributed by atoms with Crippen molar-refractivity contribution in [3.05, 3.63) is 29.8 Å². The lowest BCUT2D eigenvalue weighted by Crippen LogP contribution is -2.09. The van der Waals surface area contributed by atoms with E-state index in [1.54, 1.807) is 6.92 Å². The maximum atomic E-state index is 10.7. The van der Waals surface area contributed by atoms with Crippen LogP contribution in [0.4, 0.5) is 5.69 Å². The largest absolute Gasteiger partial charge is 0.396 e. The molecule has 0 spiro atoms. The molecular formula is C11H15NO2. The summed E-state index contributed by atoms with van der Waals surface area (Å²) in [6.45, 7) is 2.04. The molecule has 76 valence electrons. The van der Waals surface area contributed by atoms with Crippen LogP contribution in [0.25, 0.3) is 0 Å². The van der Waals surface area contributed by atoms with Gasteiger partial charge >= 0.3 is 0 Å². The third-order valence-electron chi connectivity index (χ3n) is 1.87.